The van der Waals surface area contributed by atoms with Crippen LogP contribution in [0.2, 0.25) is 0 Å². The van der Waals surface area contributed by atoms with Crippen molar-refractivity contribution >= 4 is 26.6 Å². The quantitative estimate of drug-likeness (QED) is 0.327. The fourth-order valence-electron chi connectivity index (χ4n) is 0.598. The van der Waals surface area contributed by atoms with Gasteiger partial charge in [0.15, 0.2) is 0 Å². The van der Waals surface area contributed by atoms with E-state index < -0.39 is 5.85 Å². The van der Waals surface area contributed by atoms with Gasteiger partial charge in [-0.1, -0.05) is 6.58 Å². The molecule has 0 saturated carbocycles. The van der Waals surface area contributed by atoms with E-state index in [9.17, 15) is 9.18 Å². The molecule has 3 nitrogen and oxygen atoms in total. The monoisotopic (exact) mass is 316 g/mol. The lowest BCUT2D eigenvalue weighted by Gasteiger charge is -2.20. The van der Waals surface area contributed by atoms with Crippen LogP contribution < -0.4 is 0 Å². The third-order valence-corrected chi connectivity index (χ3v) is 1.95. The SMILES string of the molecule is C=C(C)C(C)(F)OCCCOC(=O)I. The van der Waals surface area contributed by atoms with Crippen molar-refractivity contribution in [2.75, 3.05) is 13.2 Å². The normalized spacial score (nSPS) is 14.6. The largest absolute Gasteiger partial charge is 0.458 e. The molecule has 0 aromatic rings. The molecule has 0 aromatic heterocycles. The number of halogens is 2. The van der Waals surface area contributed by atoms with E-state index in [1.807, 2.05) is 0 Å². The van der Waals surface area contributed by atoms with Gasteiger partial charge in [-0.2, -0.15) is 0 Å². The molecule has 0 aliphatic rings. The van der Waals surface area contributed by atoms with Crippen molar-refractivity contribution in [1.29, 1.82) is 0 Å². The first-order valence-corrected chi connectivity index (χ1v) is 5.25. The summed E-state index contributed by atoms with van der Waals surface area (Å²) in [6.07, 6.45) is 0.474. The lowest BCUT2D eigenvalue weighted by atomic mass is 10.2. The van der Waals surface area contributed by atoms with Gasteiger partial charge in [0.05, 0.1) is 35.8 Å². The number of alkyl halides is 1. The Morgan fingerprint density at radius 2 is 2.14 bits per heavy atom. The molecule has 0 bridgehead atoms. The van der Waals surface area contributed by atoms with Gasteiger partial charge >= 0.3 is 3.98 Å². The summed E-state index contributed by atoms with van der Waals surface area (Å²) in [6, 6.07) is 0. The standard InChI is InChI=1S/C9H14FIO3/c1-7(2)9(3,10)14-6-4-5-13-8(11)12/h1,4-6H2,2-3H3. The highest BCUT2D eigenvalue weighted by Crippen LogP contribution is 2.20. The molecule has 0 aliphatic carbocycles. The molecule has 14 heavy (non-hydrogen) atoms. The Morgan fingerprint density at radius 3 is 2.57 bits per heavy atom. The smallest absolute Gasteiger partial charge is 0.367 e. The molecule has 0 fully saturated rings. The van der Waals surface area contributed by atoms with Crippen LogP contribution in [0.15, 0.2) is 12.2 Å². The molecule has 1 atom stereocenters. The minimum Gasteiger partial charge on any atom is -0.458 e. The molecule has 82 valence electrons. The summed E-state index contributed by atoms with van der Waals surface area (Å²) in [7, 11) is 0. The molecule has 1 unspecified atom stereocenters. The predicted octanol–water partition coefficient (Wildman–Crippen LogP) is 3.23. The maximum absolute atomic E-state index is 13.4. The van der Waals surface area contributed by atoms with Crippen LogP contribution in [-0.4, -0.2) is 23.0 Å². The van der Waals surface area contributed by atoms with Crippen LogP contribution in [0.3, 0.4) is 0 Å². The van der Waals surface area contributed by atoms with E-state index in [0.717, 1.165) is 0 Å². The van der Waals surface area contributed by atoms with E-state index in [-0.39, 0.29) is 17.2 Å². The summed E-state index contributed by atoms with van der Waals surface area (Å²) in [5.74, 6) is -1.80. The second-order valence-electron chi connectivity index (χ2n) is 2.99. The van der Waals surface area contributed by atoms with E-state index in [2.05, 4.69) is 11.3 Å². The fourth-order valence-corrected chi connectivity index (χ4v) is 0.819. The van der Waals surface area contributed by atoms with Gasteiger partial charge in [-0.15, -0.1) is 0 Å². The summed E-state index contributed by atoms with van der Waals surface area (Å²) < 4.78 is 22.6. The van der Waals surface area contributed by atoms with Gasteiger partial charge in [0, 0.05) is 6.42 Å². The van der Waals surface area contributed by atoms with Crippen molar-refractivity contribution < 1.29 is 18.7 Å². The van der Waals surface area contributed by atoms with Gasteiger partial charge < -0.3 is 9.47 Å². The molecule has 0 spiro atoms. The molecule has 0 saturated heterocycles. The summed E-state index contributed by atoms with van der Waals surface area (Å²) in [6.45, 7) is 6.78. The lowest BCUT2D eigenvalue weighted by Crippen LogP contribution is -2.24. The van der Waals surface area contributed by atoms with Gasteiger partial charge in [-0.3, -0.25) is 0 Å². The van der Waals surface area contributed by atoms with E-state index in [4.69, 9.17) is 4.74 Å². The number of hydrogen-bond donors (Lipinski definition) is 0. The minimum absolute atomic E-state index is 0.198. The van der Waals surface area contributed by atoms with Crippen molar-refractivity contribution in [1.82, 2.24) is 0 Å². The highest BCUT2D eigenvalue weighted by atomic mass is 127. The highest BCUT2D eigenvalue weighted by molar-refractivity contribution is 14.1. The molecule has 0 amide bonds. The minimum atomic E-state index is -1.80. The maximum atomic E-state index is 13.4. The highest BCUT2D eigenvalue weighted by Gasteiger charge is 2.24. The van der Waals surface area contributed by atoms with E-state index in [0.29, 0.717) is 12.0 Å². The first-order valence-electron chi connectivity index (χ1n) is 4.17. The van der Waals surface area contributed by atoms with Crippen molar-refractivity contribution in [2.24, 2.45) is 0 Å². The average molecular weight is 316 g/mol. The number of rotatable bonds is 6. The Hall–Kier alpha value is -0.170. The third-order valence-electron chi connectivity index (χ3n) is 1.64. The Bertz CT molecular complexity index is 216. The summed E-state index contributed by atoms with van der Waals surface area (Å²) in [5, 5.41) is 0. The first kappa shape index (κ1) is 13.8. The number of carbonyl (C=O) groups is 1. The van der Waals surface area contributed by atoms with Crippen molar-refractivity contribution in [3.05, 3.63) is 12.2 Å². The van der Waals surface area contributed by atoms with Crippen LogP contribution in [0.4, 0.5) is 9.18 Å². The molecule has 0 radical (unpaired) electrons. The Kier molecular flexibility index (Phi) is 6.26. The van der Waals surface area contributed by atoms with Gasteiger partial charge in [0.2, 0.25) is 5.85 Å². The first-order chi connectivity index (χ1) is 6.36. The maximum Gasteiger partial charge on any atom is 0.367 e. The van der Waals surface area contributed by atoms with Crippen LogP contribution in [0.5, 0.6) is 0 Å². The second kappa shape index (κ2) is 6.34. The lowest BCUT2D eigenvalue weighted by molar-refractivity contribution is -0.103. The number of hydrogen-bond acceptors (Lipinski definition) is 3. The van der Waals surface area contributed by atoms with Gasteiger partial charge in [0.1, 0.15) is 0 Å². The summed E-state index contributed by atoms with van der Waals surface area (Å²) in [4.78, 5) is 10.3. The van der Waals surface area contributed by atoms with Crippen LogP contribution in [0, 0.1) is 0 Å². The molecule has 0 aromatic carbocycles. The van der Waals surface area contributed by atoms with Gasteiger partial charge in [-0.25, -0.2) is 9.18 Å². The van der Waals surface area contributed by atoms with Crippen molar-refractivity contribution in [3.63, 3.8) is 0 Å². The number of carbonyl (C=O) groups excluding carboxylic acids is 1. The topological polar surface area (TPSA) is 35.5 Å². The van der Waals surface area contributed by atoms with Crippen LogP contribution in [0.1, 0.15) is 20.3 Å². The molecule has 0 rings (SSSR count). The average Bonchev–Trinajstić information content (AvgIpc) is 2.02. The summed E-state index contributed by atoms with van der Waals surface area (Å²) in [5.41, 5.74) is 0.323. The van der Waals surface area contributed by atoms with Gasteiger partial charge in [0.25, 0.3) is 0 Å². The fraction of sp³-hybridized carbons (Fsp3) is 0.667. The second-order valence-corrected chi connectivity index (χ2v) is 3.87. The zero-order chi connectivity index (χ0) is 11.2. The third kappa shape index (κ3) is 6.31. The molecular weight excluding hydrogens is 302 g/mol. The molecular formula is C9H14FIO3. The van der Waals surface area contributed by atoms with E-state index >= 15 is 0 Å². The van der Waals surface area contributed by atoms with Crippen LogP contribution in [0.25, 0.3) is 0 Å². The molecule has 0 heterocycles. The van der Waals surface area contributed by atoms with E-state index in [1.165, 1.54) is 29.5 Å². The Morgan fingerprint density at radius 1 is 1.57 bits per heavy atom. The Balaban J connectivity index is 3.54. The zero-order valence-electron chi connectivity index (χ0n) is 8.31. The van der Waals surface area contributed by atoms with Crippen LogP contribution >= 0.6 is 22.6 Å². The van der Waals surface area contributed by atoms with Crippen molar-refractivity contribution in [2.45, 2.75) is 26.1 Å². The molecule has 0 aliphatic heterocycles. The van der Waals surface area contributed by atoms with Crippen molar-refractivity contribution in [3.8, 4) is 0 Å². The number of ether oxygens (including phenoxy) is 2. The zero-order valence-corrected chi connectivity index (χ0v) is 10.5. The van der Waals surface area contributed by atoms with Gasteiger partial charge in [-0.05, 0) is 19.4 Å². The molecule has 0 N–H and O–H groups in total. The van der Waals surface area contributed by atoms with Crippen LogP contribution in [-0.2, 0) is 9.47 Å². The molecule has 5 heteroatoms. The Labute approximate surface area is 96.8 Å². The summed E-state index contributed by atoms with van der Waals surface area (Å²) >= 11 is 1.53. The predicted molar refractivity (Wildman–Crippen MR) is 60.3 cm³/mol. The van der Waals surface area contributed by atoms with E-state index in [1.54, 1.807) is 6.92 Å².